The fraction of sp³-hybridized carbons (Fsp3) is 0.0769. The van der Waals surface area contributed by atoms with Crippen LogP contribution in [0, 0.1) is 11.3 Å². The third kappa shape index (κ3) is 2.83. The van der Waals surface area contributed by atoms with E-state index >= 15 is 0 Å². The van der Waals surface area contributed by atoms with Gasteiger partial charge in [-0.3, -0.25) is 0 Å². The molecule has 0 amide bonds. The lowest BCUT2D eigenvalue weighted by Crippen LogP contribution is -2.00. The van der Waals surface area contributed by atoms with Gasteiger partial charge in [0.1, 0.15) is 24.1 Å². The zero-order valence-electron chi connectivity index (χ0n) is 8.93. The summed E-state index contributed by atoms with van der Waals surface area (Å²) in [6, 6.07) is 13.3. The predicted octanol–water partition coefficient (Wildman–Crippen LogP) is 3.29. The van der Waals surface area contributed by atoms with E-state index in [9.17, 15) is 0 Å². The number of ether oxygens (including phenoxy) is 1. The highest BCUT2D eigenvalue weighted by Crippen LogP contribution is 2.24. The number of nitriles is 1. The lowest BCUT2D eigenvalue weighted by molar-refractivity contribution is 0.303. The normalized spacial score (nSPS) is 9.65. The smallest absolute Gasteiger partial charge is 0.147 e. The van der Waals surface area contributed by atoms with Gasteiger partial charge in [0.05, 0.1) is 4.47 Å². The molecule has 0 aliphatic rings. The zero-order chi connectivity index (χ0) is 12.1. The van der Waals surface area contributed by atoms with Crippen LogP contribution in [-0.4, -0.2) is 4.98 Å². The van der Waals surface area contributed by atoms with Gasteiger partial charge in [0.25, 0.3) is 0 Å². The van der Waals surface area contributed by atoms with Gasteiger partial charge >= 0.3 is 0 Å². The molecule has 3 nitrogen and oxygen atoms in total. The standard InChI is InChI=1S/C13H9BrN2O/c14-11-5-1-2-6-13(11)17-9-10-4-3-7-16-12(10)8-15/h1-7H,9H2. The number of pyridine rings is 1. The third-order valence-electron chi connectivity index (χ3n) is 2.22. The summed E-state index contributed by atoms with van der Waals surface area (Å²) < 4.78 is 6.52. The number of halogens is 1. The first kappa shape index (κ1) is 11.6. The second kappa shape index (κ2) is 5.46. The lowest BCUT2D eigenvalue weighted by Gasteiger charge is -2.08. The molecule has 0 aliphatic heterocycles. The number of para-hydroxylation sites is 1. The third-order valence-corrected chi connectivity index (χ3v) is 2.87. The van der Waals surface area contributed by atoms with E-state index in [2.05, 4.69) is 20.9 Å². The molecule has 1 aromatic heterocycles. The van der Waals surface area contributed by atoms with E-state index in [1.165, 1.54) is 0 Å². The van der Waals surface area contributed by atoms with E-state index in [1.54, 1.807) is 12.3 Å². The van der Waals surface area contributed by atoms with Crippen LogP contribution < -0.4 is 4.74 Å². The first-order valence-electron chi connectivity index (χ1n) is 5.02. The maximum atomic E-state index is 8.89. The SMILES string of the molecule is N#Cc1ncccc1COc1ccccc1Br. The highest BCUT2D eigenvalue weighted by Gasteiger charge is 2.04. The van der Waals surface area contributed by atoms with Crippen molar-refractivity contribution >= 4 is 15.9 Å². The molecule has 17 heavy (non-hydrogen) atoms. The molecule has 1 heterocycles. The molecule has 0 saturated carbocycles. The summed E-state index contributed by atoms with van der Waals surface area (Å²) in [5, 5.41) is 8.89. The van der Waals surface area contributed by atoms with Crippen LogP contribution in [-0.2, 0) is 6.61 Å². The van der Waals surface area contributed by atoms with Crippen LogP contribution in [0.1, 0.15) is 11.3 Å². The maximum Gasteiger partial charge on any atom is 0.147 e. The average molecular weight is 289 g/mol. The van der Waals surface area contributed by atoms with Crippen LogP contribution in [0.2, 0.25) is 0 Å². The molecule has 0 bridgehead atoms. The minimum Gasteiger partial charge on any atom is -0.488 e. The Kier molecular flexibility index (Phi) is 3.73. The Balaban J connectivity index is 2.13. The number of hydrogen-bond acceptors (Lipinski definition) is 3. The highest BCUT2D eigenvalue weighted by molar-refractivity contribution is 9.10. The second-order valence-electron chi connectivity index (χ2n) is 3.34. The van der Waals surface area contributed by atoms with Crippen molar-refractivity contribution in [3.8, 4) is 11.8 Å². The quantitative estimate of drug-likeness (QED) is 0.871. The lowest BCUT2D eigenvalue weighted by atomic mass is 10.2. The zero-order valence-corrected chi connectivity index (χ0v) is 10.5. The second-order valence-corrected chi connectivity index (χ2v) is 4.20. The molecule has 0 aliphatic carbocycles. The Morgan fingerprint density at radius 2 is 2.06 bits per heavy atom. The Hall–Kier alpha value is -1.86. The maximum absolute atomic E-state index is 8.89. The Morgan fingerprint density at radius 1 is 1.24 bits per heavy atom. The van der Waals surface area contributed by atoms with Crippen LogP contribution >= 0.6 is 15.9 Å². The van der Waals surface area contributed by atoms with Crippen molar-refractivity contribution in [2.45, 2.75) is 6.61 Å². The van der Waals surface area contributed by atoms with E-state index < -0.39 is 0 Å². The molecule has 2 rings (SSSR count). The molecule has 0 atom stereocenters. The molecule has 2 aromatic rings. The van der Waals surface area contributed by atoms with Gasteiger partial charge in [0.15, 0.2) is 0 Å². The van der Waals surface area contributed by atoms with E-state index in [0.717, 1.165) is 15.8 Å². The van der Waals surface area contributed by atoms with Gasteiger partial charge in [0.2, 0.25) is 0 Å². The van der Waals surface area contributed by atoms with E-state index in [4.69, 9.17) is 10.00 Å². The van der Waals surface area contributed by atoms with Gasteiger partial charge in [0, 0.05) is 11.8 Å². The first-order valence-corrected chi connectivity index (χ1v) is 5.82. The summed E-state index contributed by atoms with van der Waals surface area (Å²) in [4.78, 5) is 3.98. The molecular formula is C13H9BrN2O. The predicted molar refractivity (Wildman–Crippen MR) is 67.4 cm³/mol. The van der Waals surface area contributed by atoms with Gasteiger partial charge in [-0.15, -0.1) is 0 Å². The minimum absolute atomic E-state index is 0.333. The van der Waals surface area contributed by atoms with Crippen molar-refractivity contribution in [2.75, 3.05) is 0 Å². The number of rotatable bonds is 3. The summed E-state index contributed by atoms with van der Waals surface area (Å²) >= 11 is 3.40. The number of hydrogen-bond donors (Lipinski definition) is 0. The van der Waals surface area contributed by atoms with E-state index in [-0.39, 0.29) is 0 Å². The summed E-state index contributed by atoms with van der Waals surface area (Å²) in [5.74, 6) is 0.750. The molecule has 0 radical (unpaired) electrons. The van der Waals surface area contributed by atoms with E-state index in [0.29, 0.717) is 12.3 Å². The molecule has 1 aromatic carbocycles. The molecule has 0 fully saturated rings. The minimum atomic E-state index is 0.333. The number of benzene rings is 1. The van der Waals surface area contributed by atoms with Gasteiger partial charge in [-0.2, -0.15) is 5.26 Å². The Bertz CT molecular complexity index is 563. The molecule has 0 saturated heterocycles. The van der Waals surface area contributed by atoms with Crippen molar-refractivity contribution in [1.29, 1.82) is 5.26 Å². The largest absolute Gasteiger partial charge is 0.488 e. The van der Waals surface area contributed by atoms with Crippen molar-refractivity contribution in [2.24, 2.45) is 0 Å². The van der Waals surface area contributed by atoms with Gasteiger partial charge < -0.3 is 4.74 Å². The number of aromatic nitrogens is 1. The van der Waals surface area contributed by atoms with Crippen LogP contribution in [0.25, 0.3) is 0 Å². The summed E-state index contributed by atoms with van der Waals surface area (Å²) in [6.45, 7) is 0.333. The topological polar surface area (TPSA) is 45.9 Å². The van der Waals surface area contributed by atoms with Gasteiger partial charge in [-0.25, -0.2) is 4.98 Å². The fourth-order valence-corrected chi connectivity index (χ4v) is 1.77. The summed E-state index contributed by atoms with van der Waals surface area (Å²) in [5.41, 5.74) is 1.19. The number of nitrogens with zero attached hydrogens (tertiary/aromatic N) is 2. The van der Waals surface area contributed by atoms with Crippen LogP contribution in [0.15, 0.2) is 47.1 Å². The van der Waals surface area contributed by atoms with Crippen molar-refractivity contribution in [3.63, 3.8) is 0 Å². The van der Waals surface area contributed by atoms with Crippen molar-refractivity contribution in [1.82, 2.24) is 4.98 Å². The van der Waals surface area contributed by atoms with Crippen LogP contribution in [0.3, 0.4) is 0 Å². The summed E-state index contributed by atoms with van der Waals surface area (Å²) in [7, 11) is 0. The molecule has 4 heteroatoms. The molecule has 84 valence electrons. The summed E-state index contributed by atoms with van der Waals surface area (Å²) in [6.07, 6.45) is 1.60. The van der Waals surface area contributed by atoms with E-state index in [1.807, 2.05) is 36.4 Å². The van der Waals surface area contributed by atoms with Gasteiger partial charge in [-0.05, 0) is 34.1 Å². The van der Waals surface area contributed by atoms with Crippen LogP contribution in [0.5, 0.6) is 5.75 Å². The first-order chi connectivity index (χ1) is 8.31. The monoisotopic (exact) mass is 288 g/mol. The van der Waals surface area contributed by atoms with Crippen molar-refractivity contribution in [3.05, 3.63) is 58.3 Å². The molecule has 0 spiro atoms. The Labute approximate surface area is 108 Å². The fourth-order valence-electron chi connectivity index (χ4n) is 1.37. The molecule has 0 N–H and O–H groups in total. The Morgan fingerprint density at radius 3 is 2.82 bits per heavy atom. The van der Waals surface area contributed by atoms with Crippen molar-refractivity contribution < 1.29 is 4.74 Å². The molecule has 0 unspecified atom stereocenters. The highest BCUT2D eigenvalue weighted by atomic mass is 79.9. The van der Waals surface area contributed by atoms with Gasteiger partial charge in [-0.1, -0.05) is 18.2 Å². The molecular weight excluding hydrogens is 280 g/mol. The van der Waals surface area contributed by atoms with Crippen LogP contribution in [0.4, 0.5) is 0 Å². The average Bonchev–Trinajstić information content (AvgIpc) is 2.38.